The summed E-state index contributed by atoms with van der Waals surface area (Å²) < 4.78 is 0. The number of halogens is 1. The minimum absolute atomic E-state index is 0.123. The monoisotopic (exact) mass is 203 g/mol. The first-order chi connectivity index (χ1) is 6.15. The Bertz CT molecular complexity index is 256. The van der Waals surface area contributed by atoms with Crippen LogP contribution in [-0.4, -0.2) is 22.5 Å². The SMILES string of the molecule is O=NC1C(Cl)C2CC(C(=O)O)C1C2. The van der Waals surface area contributed by atoms with Crippen molar-refractivity contribution in [2.45, 2.75) is 24.3 Å². The third-order valence-corrected chi connectivity index (χ3v) is 3.92. The Kier molecular flexibility index (Phi) is 2.02. The third kappa shape index (κ3) is 1.15. The van der Waals surface area contributed by atoms with Crippen LogP contribution in [0.5, 0.6) is 0 Å². The fourth-order valence-corrected chi connectivity index (χ4v) is 3.12. The molecule has 5 unspecified atom stereocenters. The Morgan fingerprint density at radius 3 is 2.62 bits per heavy atom. The van der Waals surface area contributed by atoms with E-state index in [9.17, 15) is 9.70 Å². The summed E-state index contributed by atoms with van der Waals surface area (Å²) in [4.78, 5) is 21.2. The van der Waals surface area contributed by atoms with Gasteiger partial charge >= 0.3 is 5.97 Å². The Morgan fingerprint density at radius 1 is 1.46 bits per heavy atom. The molecule has 0 aliphatic heterocycles. The average Bonchev–Trinajstić information content (AvgIpc) is 2.60. The smallest absolute Gasteiger partial charge is 0.306 e. The fraction of sp³-hybridized carbons (Fsp3) is 0.875. The van der Waals surface area contributed by atoms with E-state index < -0.39 is 17.9 Å². The fourth-order valence-electron chi connectivity index (χ4n) is 2.68. The van der Waals surface area contributed by atoms with Gasteiger partial charge in [0.15, 0.2) is 0 Å². The quantitative estimate of drug-likeness (QED) is 0.546. The van der Waals surface area contributed by atoms with Crippen molar-refractivity contribution < 1.29 is 9.90 Å². The van der Waals surface area contributed by atoms with E-state index in [1.165, 1.54) is 0 Å². The van der Waals surface area contributed by atoms with Gasteiger partial charge in [-0.1, -0.05) is 5.18 Å². The second-order valence-corrected chi connectivity index (χ2v) is 4.38. The van der Waals surface area contributed by atoms with Crippen molar-refractivity contribution in [1.29, 1.82) is 0 Å². The van der Waals surface area contributed by atoms with Gasteiger partial charge in [0, 0.05) is 0 Å². The summed E-state index contributed by atoms with van der Waals surface area (Å²) in [5.74, 6) is -1.16. The molecule has 2 aliphatic rings. The summed E-state index contributed by atoms with van der Waals surface area (Å²) in [6.45, 7) is 0. The van der Waals surface area contributed by atoms with Gasteiger partial charge in [-0.3, -0.25) is 4.79 Å². The van der Waals surface area contributed by atoms with E-state index in [-0.39, 0.29) is 17.2 Å². The lowest BCUT2D eigenvalue weighted by molar-refractivity contribution is -0.143. The number of carboxylic acid groups (broad SMARTS) is 1. The van der Waals surface area contributed by atoms with Crippen molar-refractivity contribution >= 4 is 17.6 Å². The van der Waals surface area contributed by atoms with Gasteiger partial charge in [0.1, 0.15) is 6.04 Å². The molecule has 0 aromatic carbocycles. The van der Waals surface area contributed by atoms with Crippen molar-refractivity contribution in [2.24, 2.45) is 22.9 Å². The van der Waals surface area contributed by atoms with Gasteiger partial charge in [0.25, 0.3) is 0 Å². The Balaban J connectivity index is 2.19. The van der Waals surface area contributed by atoms with Gasteiger partial charge in [-0.05, 0) is 24.7 Å². The minimum Gasteiger partial charge on any atom is -0.481 e. The van der Waals surface area contributed by atoms with E-state index in [1.807, 2.05) is 0 Å². The van der Waals surface area contributed by atoms with Crippen LogP contribution in [0.15, 0.2) is 5.18 Å². The zero-order valence-electron chi connectivity index (χ0n) is 6.89. The molecule has 4 nitrogen and oxygen atoms in total. The molecule has 2 aliphatic carbocycles. The summed E-state index contributed by atoms with van der Waals surface area (Å²) in [6.07, 6.45) is 1.36. The van der Waals surface area contributed by atoms with Crippen molar-refractivity contribution in [2.75, 3.05) is 0 Å². The Hall–Kier alpha value is -0.640. The Labute approximate surface area is 80.2 Å². The minimum atomic E-state index is -0.815. The predicted octanol–water partition coefficient (Wildman–Crippen LogP) is 1.47. The maximum atomic E-state index is 10.8. The van der Waals surface area contributed by atoms with Crippen LogP contribution in [0.4, 0.5) is 0 Å². The maximum Gasteiger partial charge on any atom is 0.306 e. The molecule has 5 atom stereocenters. The van der Waals surface area contributed by atoms with Crippen LogP contribution in [0.2, 0.25) is 0 Å². The zero-order valence-corrected chi connectivity index (χ0v) is 7.65. The summed E-state index contributed by atoms with van der Waals surface area (Å²) >= 11 is 5.96. The molecule has 0 amide bonds. The van der Waals surface area contributed by atoms with Crippen LogP contribution in [0.3, 0.4) is 0 Å². The normalized spacial score (nSPS) is 47.9. The molecule has 13 heavy (non-hydrogen) atoms. The number of rotatable bonds is 2. The number of hydrogen-bond acceptors (Lipinski definition) is 3. The molecule has 0 heterocycles. The largest absolute Gasteiger partial charge is 0.481 e. The van der Waals surface area contributed by atoms with Crippen LogP contribution in [0, 0.1) is 22.7 Å². The van der Waals surface area contributed by atoms with Crippen LogP contribution < -0.4 is 0 Å². The van der Waals surface area contributed by atoms with Crippen LogP contribution in [0.1, 0.15) is 12.8 Å². The molecule has 2 bridgehead atoms. The summed E-state index contributed by atoms with van der Waals surface area (Å²) in [7, 11) is 0. The molecule has 2 saturated carbocycles. The van der Waals surface area contributed by atoms with Crippen molar-refractivity contribution in [3.63, 3.8) is 0 Å². The van der Waals surface area contributed by atoms with Crippen molar-refractivity contribution in [1.82, 2.24) is 0 Å². The summed E-state index contributed by atoms with van der Waals surface area (Å²) in [6, 6.07) is -0.485. The van der Waals surface area contributed by atoms with E-state index in [0.717, 1.165) is 6.42 Å². The van der Waals surface area contributed by atoms with Crippen molar-refractivity contribution in [3.8, 4) is 0 Å². The number of carboxylic acids is 1. The molecule has 0 saturated heterocycles. The standard InChI is InChI=1S/C8H10ClNO3/c9-6-3-1-4(7(6)10-13)5(2-3)8(11)12/h3-7H,1-2H2,(H,11,12). The topological polar surface area (TPSA) is 66.7 Å². The molecule has 0 aromatic heterocycles. The number of nitroso groups, excluding NO2 is 1. The molecule has 1 N–H and O–H groups in total. The molecule has 0 radical (unpaired) electrons. The number of alkyl halides is 1. The zero-order chi connectivity index (χ0) is 9.59. The lowest BCUT2D eigenvalue weighted by atomic mass is 9.85. The highest BCUT2D eigenvalue weighted by Gasteiger charge is 2.55. The molecular formula is C8H10ClNO3. The van der Waals surface area contributed by atoms with Gasteiger partial charge in [0.2, 0.25) is 0 Å². The second kappa shape index (κ2) is 2.94. The number of aliphatic carboxylic acids is 1. The highest BCUT2D eigenvalue weighted by Crippen LogP contribution is 2.51. The highest BCUT2D eigenvalue weighted by atomic mass is 35.5. The number of nitrogens with zero attached hydrogens (tertiary/aromatic N) is 1. The molecule has 0 spiro atoms. The number of carbonyl (C=O) groups is 1. The van der Waals surface area contributed by atoms with Gasteiger partial charge < -0.3 is 5.11 Å². The lowest BCUT2D eigenvalue weighted by Crippen LogP contribution is -2.35. The first kappa shape index (κ1) is 8.94. The van der Waals surface area contributed by atoms with E-state index in [4.69, 9.17) is 16.7 Å². The van der Waals surface area contributed by atoms with Gasteiger partial charge in [-0.2, -0.15) is 4.91 Å². The van der Waals surface area contributed by atoms with Crippen LogP contribution in [-0.2, 0) is 4.79 Å². The third-order valence-electron chi connectivity index (χ3n) is 3.30. The summed E-state index contributed by atoms with van der Waals surface area (Å²) in [5, 5.41) is 11.5. The summed E-state index contributed by atoms with van der Waals surface area (Å²) in [5.41, 5.74) is 0. The first-order valence-electron chi connectivity index (χ1n) is 4.34. The predicted molar refractivity (Wildman–Crippen MR) is 46.6 cm³/mol. The van der Waals surface area contributed by atoms with E-state index in [1.54, 1.807) is 0 Å². The average molecular weight is 204 g/mol. The molecule has 72 valence electrons. The van der Waals surface area contributed by atoms with E-state index >= 15 is 0 Å². The van der Waals surface area contributed by atoms with E-state index in [2.05, 4.69) is 5.18 Å². The molecule has 5 heteroatoms. The Morgan fingerprint density at radius 2 is 2.15 bits per heavy atom. The second-order valence-electron chi connectivity index (χ2n) is 3.88. The van der Waals surface area contributed by atoms with Gasteiger partial charge in [-0.25, -0.2) is 0 Å². The van der Waals surface area contributed by atoms with Crippen LogP contribution in [0.25, 0.3) is 0 Å². The molecule has 2 rings (SSSR count). The lowest BCUT2D eigenvalue weighted by Gasteiger charge is -2.25. The van der Waals surface area contributed by atoms with Crippen LogP contribution >= 0.6 is 11.6 Å². The van der Waals surface area contributed by atoms with Gasteiger partial charge in [-0.15, -0.1) is 11.6 Å². The molecule has 0 aromatic rings. The van der Waals surface area contributed by atoms with Gasteiger partial charge in [0.05, 0.1) is 11.3 Å². The highest BCUT2D eigenvalue weighted by molar-refractivity contribution is 6.21. The van der Waals surface area contributed by atoms with E-state index in [0.29, 0.717) is 6.42 Å². The maximum absolute atomic E-state index is 10.8. The molecular weight excluding hydrogens is 194 g/mol. The van der Waals surface area contributed by atoms with Crippen molar-refractivity contribution in [3.05, 3.63) is 4.91 Å². The molecule has 2 fully saturated rings. The number of hydrogen-bond donors (Lipinski definition) is 1. The first-order valence-corrected chi connectivity index (χ1v) is 4.78. The number of fused-ring (bicyclic) bond motifs is 2.